The van der Waals surface area contributed by atoms with Crippen LogP contribution in [0.3, 0.4) is 0 Å². The van der Waals surface area contributed by atoms with Gasteiger partial charge in [-0.05, 0) is 43.5 Å². The number of carbonyl (C=O) groups excluding carboxylic acids is 1. The van der Waals surface area contributed by atoms with Crippen molar-refractivity contribution >= 4 is 17.2 Å². The van der Waals surface area contributed by atoms with Crippen LogP contribution < -0.4 is 11.1 Å². The molecule has 0 fully saturated rings. The maximum absolute atomic E-state index is 13.1. The molecule has 0 aliphatic heterocycles. The van der Waals surface area contributed by atoms with Crippen LogP contribution in [0.15, 0.2) is 36.4 Å². The van der Waals surface area contributed by atoms with Crippen LogP contribution in [0.2, 0.25) is 0 Å². The lowest BCUT2D eigenvalue weighted by molar-refractivity contribution is -0.117. The third kappa shape index (κ3) is 3.65. The summed E-state index contributed by atoms with van der Waals surface area (Å²) in [4.78, 5) is 17.7. The number of halogens is 1. The number of benzene rings is 1. The zero-order chi connectivity index (χ0) is 16.2. The largest absolute Gasteiger partial charge is 0.345 e. The SMILES string of the molecule is NC/C=C/C(=O)NC1CCCc2nc(-c3ccc(F)cc3)sc21. The Bertz CT molecular complexity index is 724. The van der Waals surface area contributed by atoms with Gasteiger partial charge in [0.05, 0.1) is 16.6 Å². The molecule has 1 heterocycles. The molecular formula is C17H18FN3OS. The Morgan fingerprint density at radius 3 is 2.96 bits per heavy atom. The first-order chi connectivity index (χ1) is 11.2. The molecule has 1 aliphatic carbocycles. The molecule has 1 aliphatic rings. The van der Waals surface area contributed by atoms with Gasteiger partial charge in [-0.2, -0.15) is 0 Å². The summed E-state index contributed by atoms with van der Waals surface area (Å²) in [5.74, 6) is -0.392. The van der Waals surface area contributed by atoms with E-state index in [-0.39, 0.29) is 17.8 Å². The molecule has 4 nitrogen and oxygen atoms in total. The van der Waals surface area contributed by atoms with Gasteiger partial charge >= 0.3 is 0 Å². The molecule has 0 bridgehead atoms. The van der Waals surface area contributed by atoms with Crippen molar-refractivity contribution in [2.45, 2.75) is 25.3 Å². The Morgan fingerprint density at radius 1 is 1.43 bits per heavy atom. The number of nitrogens with two attached hydrogens (primary N) is 1. The first-order valence-corrected chi connectivity index (χ1v) is 8.41. The van der Waals surface area contributed by atoms with E-state index in [9.17, 15) is 9.18 Å². The van der Waals surface area contributed by atoms with Crippen LogP contribution in [0.5, 0.6) is 0 Å². The Hall–Kier alpha value is -2.05. The van der Waals surface area contributed by atoms with E-state index in [2.05, 4.69) is 10.3 Å². The topological polar surface area (TPSA) is 68.0 Å². The minimum atomic E-state index is -0.257. The molecule has 3 N–H and O–H groups in total. The van der Waals surface area contributed by atoms with Gasteiger partial charge in [-0.3, -0.25) is 4.79 Å². The monoisotopic (exact) mass is 331 g/mol. The van der Waals surface area contributed by atoms with Crippen LogP contribution in [0, 0.1) is 5.82 Å². The Balaban J connectivity index is 1.83. The predicted molar refractivity (Wildman–Crippen MR) is 89.5 cm³/mol. The van der Waals surface area contributed by atoms with E-state index in [4.69, 9.17) is 5.73 Å². The van der Waals surface area contributed by atoms with E-state index >= 15 is 0 Å². The van der Waals surface area contributed by atoms with Gasteiger partial charge in [-0.1, -0.05) is 6.08 Å². The van der Waals surface area contributed by atoms with Gasteiger partial charge in [-0.15, -0.1) is 11.3 Å². The molecule has 120 valence electrons. The number of hydrogen-bond donors (Lipinski definition) is 2. The van der Waals surface area contributed by atoms with E-state index in [0.717, 1.165) is 40.4 Å². The van der Waals surface area contributed by atoms with Crippen molar-refractivity contribution in [1.82, 2.24) is 10.3 Å². The first kappa shape index (κ1) is 15.8. The minimum Gasteiger partial charge on any atom is -0.345 e. The third-order valence-corrected chi connectivity index (χ3v) is 5.02. The standard InChI is InChI=1S/C17H18FN3OS/c18-12-8-6-11(7-9-12)17-21-14-4-1-3-13(16(14)23-17)20-15(22)5-2-10-19/h2,5-9,13H,1,3-4,10,19H2,(H,20,22)/b5-2+. The summed E-state index contributed by atoms with van der Waals surface area (Å²) in [7, 11) is 0. The number of rotatable bonds is 4. The number of carbonyl (C=O) groups is 1. The number of thiazole rings is 1. The Kier molecular flexibility index (Phi) is 4.83. The van der Waals surface area contributed by atoms with Crippen molar-refractivity contribution in [2.24, 2.45) is 5.73 Å². The number of nitrogens with zero attached hydrogens (tertiary/aromatic N) is 1. The molecule has 3 rings (SSSR count). The molecule has 0 saturated carbocycles. The van der Waals surface area contributed by atoms with Gasteiger partial charge in [0, 0.05) is 18.2 Å². The number of amides is 1. The molecule has 23 heavy (non-hydrogen) atoms. The first-order valence-electron chi connectivity index (χ1n) is 7.60. The highest BCUT2D eigenvalue weighted by Gasteiger charge is 2.25. The molecular weight excluding hydrogens is 313 g/mol. The normalized spacial score (nSPS) is 17.2. The average Bonchev–Trinajstić information content (AvgIpc) is 2.99. The molecule has 1 amide bonds. The highest BCUT2D eigenvalue weighted by Crippen LogP contribution is 2.37. The van der Waals surface area contributed by atoms with Gasteiger partial charge in [0.1, 0.15) is 10.8 Å². The lowest BCUT2D eigenvalue weighted by atomic mass is 9.98. The highest BCUT2D eigenvalue weighted by molar-refractivity contribution is 7.15. The Morgan fingerprint density at radius 2 is 2.22 bits per heavy atom. The molecule has 1 atom stereocenters. The zero-order valence-corrected chi connectivity index (χ0v) is 13.4. The second-order valence-corrected chi connectivity index (χ2v) is 6.46. The van der Waals surface area contributed by atoms with Crippen molar-refractivity contribution in [3.05, 3.63) is 52.8 Å². The van der Waals surface area contributed by atoms with Crippen molar-refractivity contribution < 1.29 is 9.18 Å². The molecule has 1 unspecified atom stereocenters. The summed E-state index contributed by atoms with van der Waals surface area (Å²) in [5.41, 5.74) is 7.30. The van der Waals surface area contributed by atoms with Gasteiger partial charge in [0.15, 0.2) is 0 Å². The fraction of sp³-hybridized carbons (Fsp3) is 0.294. The number of nitrogens with one attached hydrogen (secondary N) is 1. The van der Waals surface area contributed by atoms with Crippen molar-refractivity contribution in [2.75, 3.05) is 6.54 Å². The number of hydrogen-bond acceptors (Lipinski definition) is 4. The summed E-state index contributed by atoms with van der Waals surface area (Å²) in [6.07, 6.45) is 5.91. The third-order valence-electron chi connectivity index (χ3n) is 3.76. The maximum Gasteiger partial charge on any atom is 0.244 e. The number of aromatic nitrogens is 1. The van der Waals surface area contributed by atoms with Gasteiger partial charge in [-0.25, -0.2) is 9.37 Å². The second kappa shape index (κ2) is 7.02. The van der Waals surface area contributed by atoms with Crippen LogP contribution in [0.4, 0.5) is 4.39 Å². The van der Waals surface area contributed by atoms with Crippen LogP contribution in [0.25, 0.3) is 10.6 Å². The van der Waals surface area contributed by atoms with E-state index in [1.54, 1.807) is 29.5 Å². The van der Waals surface area contributed by atoms with Crippen molar-refractivity contribution in [1.29, 1.82) is 0 Å². The smallest absolute Gasteiger partial charge is 0.244 e. The molecule has 0 spiro atoms. The highest BCUT2D eigenvalue weighted by atomic mass is 32.1. The lowest BCUT2D eigenvalue weighted by Crippen LogP contribution is -2.29. The van der Waals surface area contributed by atoms with E-state index in [1.807, 2.05) is 0 Å². The van der Waals surface area contributed by atoms with E-state index < -0.39 is 0 Å². The predicted octanol–water partition coefficient (Wildman–Crippen LogP) is 2.96. The van der Waals surface area contributed by atoms with E-state index in [1.165, 1.54) is 18.2 Å². The van der Waals surface area contributed by atoms with Crippen molar-refractivity contribution in [3.63, 3.8) is 0 Å². The molecule has 1 aromatic carbocycles. The van der Waals surface area contributed by atoms with Crippen LogP contribution in [0.1, 0.15) is 29.5 Å². The summed E-state index contributed by atoms with van der Waals surface area (Å²) in [5, 5.41) is 3.88. The number of aryl methyl sites for hydroxylation is 1. The fourth-order valence-corrected chi connectivity index (χ4v) is 3.87. The fourth-order valence-electron chi connectivity index (χ4n) is 2.67. The lowest BCUT2D eigenvalue weighted by Gasteiger charge is -2.21. The maximum atomic E-state index is 13.1. The van der Waals surface area contributed by atoms with Crippen LogP contribution >= 0.6 is 11.3 Å². The average molecular weight is 331 g/mol. The van der Waals surface area contributed by atoms with E-state index in [0.29, 0.717) is 6.54 Å². The van der Waals surface area contributed by atoms with Crippen LogP contribution in [-0.4, -0.2) is 17.4 Å². The zero-order valence-electron chi connectivity index (χ0n) is 12.6. The molecule has 6 heteroatoms. The molecule has 1 aromatic heterocycles. The molecule has 0 radical (unpaired) electrons. The molecule has 0 saturated heterocycles. The van der Waals surface area contributed by atoms with Crippen LogP contribution in [-0.2, 0) is 11.2 Å². The van der Waals surface area contributed by atoms with Gasteiger partial charge in [0.2, 0.25) is 5.91 Å². The Labute approximate surface area is 138 Å². The molecule has 2 aromatic rings. The quantitative estimate of drug-likeness (QED) is 0.847. The second-order valence-electron chi connectivity index (χ2n) is 5.43. The van der Waals surface area contributed by atoms with Gasteiger partial charge in [0.25, 0.3) is 0 Å². The number of fused-ring (bicyclic) bond motifs is 1. The summed E-state index contributed by atoms with van der Waals surface area (Å²) >= 11 is 1.57. The minimum absolute atomic E-state index is 0.0135. The summed E-state index contributed by atoms with van der Waals surface area (Å²) in [6, 6.07) is 6.33. The summed E-state index contributed by atoms with van der Waals surface area (Å²) < 4.78 is 13.1. The van der Waals surface area contributed by atoms with Crippen molar-refractivity contribution in [3.8, 4) is 10.6 Å². The summed E-state index contributed by atoms with van der Waals surface area (Å²) in [6.45, 7) is 0.346. The van der Waals surface area contributed by atoms with Gasteiger partial charge < -0.3 is 11.1 Å².